The van der Waals surface area contributed by atoms with Crippen molar-refractivity contribution in [2.45, 2.75) is 12.3 Å². The van der Waals surface area contributed by atoms with Crippen LogP contribution in [0.1, 0.15) is 22.8 Å². The first-order valence-corrected chi connectivity index (χ1v) is 8.51. The van der Waals surface area contributed by atoms with Crippen LogP contribution in [0.15, 0.2) is 18.2 Å². The molecule has 2 aromatic rings. The minimum absolute atomic E-state index is 0.0815. The number of nitrogens with zero attached hydrogens (tertiary/aromatic N) is 2. The zero-order valence-corrected chi connectivity index (χ0v) is 13.5. The number of fused-ring (bicyclic) bond motifs is 1. The first kappa shape index (κ1) is 15.5. The number of carbonyl (C=O) groups is 1. The van der Waals surface area contributed by atoms with Gasteiger partial charge in [-0.3, -0.25) is 4.79 Å². The molecule has 24 heavy (non-hydrogen) atoms. The molecule has 0 radical (unpaired) electrons. The van der Waals surface area contributed by atoms with Crippen LogP contribution in [-0.4, -0.2) is 37.2 Å². The first-order valence-electron chi connectivity index (χ1n) is 7.70. The van der Waals surface area contributed by atoms with E-state index in [1.807, 2.05) is 0 Å². The number of aromatic nitrogens is 1. The fourth-order valence-corrected chi connectivity index (χ4v) is 4.22. The summed E-state index contributed by atoms with van der Waals surface area (Å²) in [6, 6.07) is 3.34. The third-order valence-corrected chi connectivity index (χ3v) is 5.45. The van der Waals surface area contributed by atoms with E-state index >= 15 is 0 Å². The Balaban J connectivity index is 1.74. The lowest BCUT2D eigenvalue weighted by molar-refractivity contribution is -0.116. The highest BCUT2D eigenvalue weighted by molar-refractivity contribution is 7.16. The third-order valence-electron chi connectivity index (χ3n) is 4.22. The Hall–Kier alpha value is -2.06. The smallest absolute Gasteiger partial charge is 0.226 e. The van der Waals surface area contributed by atoms with Gasteiger partial charge in [0.25, 0.3) is 0 Å². The van der Waals surface area contributed by atoms with Crippen LogP contribution in [0.3, 0.4) is 0 Å². The maximum absolute atomic E-state index is 14.2. The third kappa shape index (κ3) is 2.76. The molecule has 126 valence electrons. The number of ether oxygens (including phenoxy) is 1. The molecule has 1 atom stereocenters. The van der Waals surface area contributed by atoms with Crippen LogP contribution in [-0.2, 0) is 9.53 Å². The maximum Gasteiger partial charge on any atom is 0.226 e. The van der Waals surface area contributed by atoms with Crippen molar-refractivity contribution in [3.05, 3.63) is 40.3 Å². The molecule has 1 unspecified atom stereocenters. The number of halogens is 2. The predicted octanol–water partition coefficient (Wildman–Crippen LogP) is 2.73. The molecule has 1 aromatic carbocycles. The van der Waals surface area contributed by atoms with Crippen molar-refractivity contribution < 1.29 is 18.3 Å². The Bertz CT molecular complexity index is 790. The Labute approximate surface area is 141 Å². The molecule has 2 aliphatic heterocycles. The fraction of sp³-hybridized carbons (Fsp3) is 0.375. The van der Waals surface area contributed by atoms with Gasteiger partial charge < -0.3 is 15.0 Å². The Morgan fingerprint density at radius 3 is 2.88 bits per heavy atom. The second-order valence-corrected chi connectivity index (χ2v) is 6.79. The van der Waals surface area contributed by atoms with Gasteiger partial charge in [-0.2, -0.15) is 0 Å². The molecule has 0 spiro atoms. The number of carbonyl (C=O) groups excluding carboxylic acids is 1. The number of hydrogen-bond donors (Lipinski definition) is 1. The van der Waals surface area contributed by atoms with Crippen molar-refractivity contribution in [2.24, 2.45) is 0 Å². The Morgan fingerprint density at radius 1 is 1.29 bits per heavy atom. The molecule has 0 aliphatic carbocycles. The Morgan fingerprint density at radius 2 is 2.08 bits per heavy atom. The van der Waals surface area contributed by atoms with Gasteiger partial charge in [0, 0.05) is 25.4 Å². The van der Waals surface area contributed by atoms with Crippen molar-refractivity contribution in [3.63, 3.8) is 0 Å². The highest BCUT2D eigenvalue weighted by Crippen LogP contribution is 2.44. The lowest BCUT2D eigenvalue weighted by Gasteiger charge is -2.26. The number of benzene rings is 1. The van der Waals surface area contributed by atoms with Gasteiger partial charge in [-0.05, 0) is 23.8 Å². The van der Waals surface area contributed by atoms with E-state index in [4.69, 9.17) is 4.74 Å². The van der Waals surface area contributed by atoms with Crippen LogP contribution in [0, 0.1) is 11.6 Å². The van der Waals surface area contributed by atoms with E-state index in [1.54, 1.807) is 0 Å². The second-order valence-electron chi connectivity index (χ2n) is 5.78. The normalized spacial score (nSPS) is 20.7. The van der Waals surface area contributed by atoms with Gasteiger partial charge in [0.2, 0.25) is 5.91 Å². The monoisotopic (exact) mass is 351 g/mol. The number of hydrogen-bond acceptors (Lipinski definition) is 5. The summed E-state index contributed by atoms with van der Waals surface area (Å²) >= 11 is 1.42. The number of amides is 1. The minimum Gasteiger partial charge on any atom is -0.378 e. The van der Waals surface area contributed by atoms with Crippen molar-refractivity contribution in [1.29, 1.82) is 0 Å². The molecule has 0 bridgehead atoms. The maximum atomic E-state index is 14.2. The van der Waals surface area contributed by atoms with Crippen LogP contribution in [0.5, 0.6) is 0 Å². The lowest BCUT2D eigenvalue weighted by atomic mass is 9.91. The van der Waals surface area contributed by atoms with E-state index in [-0.39, 0.29) is 17.9 Å². The number of thiazole rings is 1. The second kappa shape index (κ2) is 6.10. The van der Waals surface area contributed by atoms with Crippen LogP contribution in [0.4, 0.5) is 19.7 Å². The standard InChI is InChI=1S/C16H15F2N3O2S/c17-9-1-2-12(18)10(7-9)11-8-13(22)19-15-14(11)24-16(20-15)21-3-5-23-6-4-21/h1-2,7,11H,3-6,8H2,(H,19,22). The molecule has 1 N–H and O–H groups in total. The number of anilines is 2. The van der Waals surface area contributed by atoms with Gasteiger partial charge in [0.15, 0.2) is 5.13 Å². The van der Waals surface area contributed by atoms with Gasteiger partial charge in [-0.15, -0.1) is 0 Å². The number of morpholine rings is 1. The summed E-state index contributed by atoms with van der Waals surface area (Å²) in [7, 11) is 0. The molecule has 8 heteroatoms. The average molecular weight is 351 g/mol. The van der Waals surface area contributed by atoms with Gasteiger partial charge >= 0.3 is 0 Å². The SMILES string of the molecule is O=C1CC(c2cc(F)ccc2F)c2sc(N3CCOCC3)nc2N1. The van der Waals surface area contributed by atoms with Crippen molar-refractivity contribution >= 4 is 28.2 Å². The van der Waals surface area contributed by atoms with E-state index in [9.17, 15) is 13.6 Å². The summed E-state index contributed by atoms with van der Waals surface area (Å²) in [5, 5.41) is 3.51. The first-order chi connectivity index (χ1) is 11.6. The summed E-state index contributed by atoms with van der Waals surface area (Å²) in [6.07, 6.45) is 0.0815. The van der Waals surface area contributed by atoms with E-state index in [1.165, 1.54) is 11.3 Å². The molecule has 1 fully saturated rings. The van der Waals surface area contributed by atoms with Crippen molar-refractivity contribution in [3.8, 4) is 0 Å². The zero-order valence-electron chi connectivity index (χ0n) is 12.7. The van der Waals surface area contributed by atoms with Crippen molar-refractivity contribution in [2.75, 3.05) is 36.5 Å². The van der Waals surface area contributed by atoms with Gasteiger partial charge in [-0.25, -0.2) is 13.8 Å². The molecule has 1 aromatic heterocycles. The van der Waals surface area contributed by atoms with E-state index < -0.39 is 17.6 Å². The summed E-state index contributed by atoms with van der Waals surface area (Å²) in [5.74, 6) is -1.33. The molecule has 1 saturated heterocycles. The largest absolute Gasteiger partial charge is 0.378 e. The number of rotatable bonds is 2. The van der Waals surface area contributed by atoms with Crippen LogP contribution < -0.4 is 10.2 Å². The molecule has 5 nitrogen and oxygen atoms in total. The van der Waals surface area contributed by atoms with E-state index in [0.29, 0.717) is 19.0 Å². The summed E-state index contributed by atoms with van der Waals surface area (Å²) in [4.78, 5) is 19.3. The summed E-state index contributed by atoms with van der Waals surface area (Å²) in [5.41, 5.74) is 0.197. The van der Waals surface area contributed by atoms with Crippen LogP contribution in [0.25, 0.3) is 0 Å². The predicted molar refractivity (Wildman–Crippen MR) is 86.6 cm³/mol. The fourth-order valence-electron chi connectivity index (χ4n) is 3.03. The van der Waals surface area contributed by atoms with Crippen molar-refractivity contribution in [1.82, 2.24) is 4.98 Å². The topological polar surface area (TPSA) is 54.5 Å². The zero-order chi connectivity index (χ0) is 16.7. The molecule has 3 heterocycles. The average Bonchev–Trinajstić information content (AvgIpc) is 3.01. The molecule has 4 rings (SSSR count). The minimum atomic E-state index is -0.517. The highest BCUT2D eigenvalue weighted by Gasteiger charge is 2.33. The highest BCUT2D eigenvalue weighted by atomic mass is 32.1. The quantitative estimate of drug-likeness (QED) is 0.904. The molecular weight excluding hydrogens is 336 g/mol. The summed E-state index contributed by atoms with van der Waals surface area (Å²) in [6.45, 7) is 2.69. The molecule has 0 saturated carbocycles. The van der Waals surface area contributed by atoms with E-state index in [2.05, 4.69) is 15.2 Å². The number of nitrogens with one attached hydrogen (secondary N) is 1. The van der Waals surface area contributed by atoms with Crippen LogP contribution in [0.2, 0.25) is 0 Å². The molecule has 1 amide bonds. The summed E-state index contributed by atoms with van der Waals surface area (Å²) < 4.78 is 33.1. The van der Waals surface area contributed by atoms with E-state index in [0.717, 1.165) is 41.3 Å². The van der Waals surface area contributed by atoms with Gasteiger partial charge in [0.05, 0.1) is 18.1 Å². The molecular formula is C16H15F2N3O2S. The van der Waals surface area contributed by atoms with Crippen LogP contribution >= 0.6 is 11.3 Å². The lowest BCUT2D eigenvalue weighted by Crippen LogP contribution is -2.36. The van der Waals surface area contributed by atoms with Gasteiger partial charge in [-0.1, -0.05) is 11.3 Å². The molecule has 2 aliphatic rings. The Kier molecular flexibility index (Phi) is 3.93. The van der Waals surface area contributed by atoms with Gasteiger partial charge in [0.1, 0.15) is 17.5 Å².